The van der Waals surface area contributed by atoms with Crippen molar-refractivity contribution in [2.24, 2.45) is 0 Å². The molecule has 0 amide bonds. The van der Waals surface area contributed by atoms with Gasteiger partial charge in [-0.3, -0.25) is 0 Å². The summed E-state index contributed by atoms with van der Waals surface area (Å²) in [6, 6.07) is 7.96. The number of aryl methyl sites for hydroxylation is 1. The zero-order chi connectivity index (χ0) is 6.69. The molecule has 0 atom stereocenters. The van der Waals surface area contributed by atoms with Gasteiger partial charge >= 0.3 is 0 Å². The van der Waals surface area contributed by atoms with Crippen LogP contribution in [0.5, 0.6) is 0 Å². The number of hydrogen-bond acceptors (Lipinski definition) is 1. The van der Waals surface area contributed by atoms with Crippen LogP contribution in [0.15, 0.2) is 24.3 Å². The molecule has 0 aliphatic heterocycles. The Bertz CT molecular complexity index is 181. The van der Waals surface area contributed by atoms with E-state index in [0.717, 1.165) is 12.1 Å². The number of anilines is 1. The SMILES string of the molecule is CCc1ccc(N)cc1.[CH3-].[Y]. The van der Waals surface area contributed by atoms with Crippen LogP contribution in [0, 0.1) is 7.43 Å². The van der Waals surface area contributed by atoms with E-state index >= 15 is 0 Å². The van der Waals surface area contributed by atoms with Gasteiger partial charge < -0.3 is 13.2 Å². The molecule has 0 aliphatic carbocycles. The summed E-state index contributed by atoms with van der Waals surface area (Å²) in [4.78, 5) is 0. The summed E-state index contributed by atoms with van der Waals surface area (Å²) in [7, 11) is 0. The maximum absolute atomic E-state index is 5.48. The summed E-state index contributed by atoms with van der Waals surface area (Å²) in [6.07, 6.45) is 1.08. The van der Waals surface area contributed by atoms with Crippen molar-refractivity contribution in [3.8, 4) is 0 Å². The molecule has 2 N–H and O–H groups in total. The minimum Gasteiger partial charge on any atom is -0.399 e. The third-order valence-corrected chi connectivity index (χ3v) is 1.39. The Morgan fingerprint density at radius 3 is 2.00 bits per heavy atom. The smallest absolute Gasteiger partial charge is 0.0314 e. The molecule has 0 fully saturated rings. The molecule has 0 heterocycles. The Balaban J connectivity index is 0. The molecule has 11 heavy (non-hydrogen) atoms. The van der Waals surface area contributed by atoms with Crippen molar-refractivity contribution in [2.45, 2.75) is 13.3 Å². The van der Waals surface area contributed by atoms with Crippen molar-refractivity contribution in [3.05, 3.63) is 37.3 Å². The van der Waals surface area contributed by atoms with E-state index in [1.807, 2.05) is 12.1 Å². The minimum absolute atomic E-state index is 0. The number of rotatable bonds is 1. The van der Waals surface area contributed by atoms with Crippen LogP contribution in [-0.4, -0.2) is 0 Å². The van der Waals surface area contributed by atoms with Crippen LogP contribution in [0.1, 0.15) is 12.5 Å². The molecule has 0 spiro atoms. The average Bonchev–Trinajstić information content (AvgIpc) is 1.90. The first-order valence-corrected chi connectivity index (χ1v) is 3.17. The van der Waals surface area contributed by atoms with Crippen molar-refractivity contribution >= 4 is 5.69 Å². The summed E-state index contributed by atoms with van der Waals surface area (Å²) in [5.41, 5.74) is 7.66. The second-order valence-corrected chi connectivity index (χ2v) is 2.10. The molecule has 0 unspecified atom stereocenters. The van der Waals surface area contributed by atoms with Gasteiger partial charge in [0, 0.05) is 38.4 Å². The van der Waals surface area contributed by atoms with Crippen molar-refractivity contribution in [1.82, 2.24) is 0 Å². The molecule has 2 heteroatoms. The molecule has 1 rings (SSSR count). The molecule has 0 bridgehead atoms. The van der Waals surface area contributed by atoms with Crippen molar-refractivity contribution in [1.29, 1.82) is 0 Å². The summed E-state index contributed by atoms with van der Waals surface area (Å²) >= 11 is 0. The number of nitrogens with two attached hydrogens (primary N) is 1. The van der Waals surface area contributed by atoms with Gasteiger partial charge in [-0.2, -0.15) is 0 Å². The molecule has 0 aliphatic rings. The first-order chi connectivity index (χ1) is 4.33. The Labute approximate surface area is 94.3 Å². The zero-order valence-electron chi connectivity index (χ0n) is 7.17. The summed E-state index contributed by atoms with van der Waals surface area (Å²) in [5, 5.41) is 0. The predicted molar refractivity (Wildman–Crippen MR) is 46.6 cm³/mol. The summed E-state index contributed by atoms with van der Waals surface area (Å²) < 4.78 is 0. The molecular formula is C9H14NY-. The Kier molecular flexibility index (Phi) is 8.48. The zero-order valence-corrected chi connectivity index (χ0v) is 10.0. The topological polar surface area (TPSA) is 26.0 Å². The van der Waals surface area contributed by atoms with Gasteiger partial charge in [-0.1, -0.05) is 19.1 Å². The fraction of sp³-hybridized carbons (Fsp3) is 0.222. The monoisotopic (exact) mass is 225 g/mol. The Morgan fingerprint density at radius 1 is 1.18 bits per heavy atom. The second-order valence-electron chi connectivity index (χ2n) is 2.10. The normalized spacial score (nSPS) is 7.73. The second kappa shape index (κ2) is 6.81. The van der Waals surface area contributed by atoms with Crippen LogP contribution in [-0.2, 0) is 39.1 Å². The molecule has 1 radical (unpaired) electrons. The Morgan fingerprint density at radius 2 is 1.64 bits per heavy atom. The van der Waals surface area contributed by atoms with Crippen molar-refractivity contribution in [2.75, 3.05) is 5.73 Å². The van der Waals surface area contributed by atoms with Crippen LogP contribution in [0.4, 0.5) is 5.69 Å². The van der Waals surface area contributed by atoms with Crippen molar-refractivity contribution in [3.63, 3.8) is 0 Å². The first kappa shape index (κ1) is 13.7. The fourth-order valence-electron chi connectivity index (χ4n) is 0.753. The quantitative estimate of drug-likeness (QED) is 0.575. The summed E-state index contributed by atoms with van der Waals surface area (Å²) in [5.74, 6) is 0. The van der Waals surface area contributed by atoms with E-state index in [0.29, 0.717) is 0 Å². The maximum atomic E-state index is 5.48. The van der Waals surface area contributed by atoms with E-state index in [2.05, 4.69) is 19.1 Å². The predicted octanol–water partition coefficient (Wildman–Crippen LogP) is 2.28. The van der Waals surface area contributed by atoms with Gasteiger partial charge in [0.15, 0.2) is 0 Å². The maximum Gasteiger partial charge on any atom is 0.0314 e. The van der Waals surface area contributed by atoms with Gasteiger partial charge in [0.2, 0.25) is 0 Å². The van der Waals surface area contributed by atoms with Gasteiger partial charge in [-0.05, 0) is 24.1 Å². The van der Waals surface area contributed by atoms with Gasteiger partial charge in [-0.25, -0.2) is 0 Å². The van der Waals surface area contributed by atoms with E-state index < -0.39 is 0 Å². The molecule has 0 aromatic heterocycles. The molecular weight excluding hydrogens is 211 g/mol. The Hall–Kier alpha value is 0.124. The van der Waals surface area contributed by atoms with Crippen LogP contribution in [0.2, 0.25) is 0 Å². The standard InChI is InChI=1S/C8H11N.CH3.Y/c1-2-7-3-5-8(9)6-4-7;;/h3-6H,2,9H2,1H3;1H3;/q;-1;. The van der Waals surface area contributed by atoms with E-state index in [1.54, 1.807) is 0 Å². The molecule has 1 aromatic rings. The average molecular weight is 225 g/mol. The van der Waals surface area contributed by atoms with E-state index in [-0.39, 0.29) is 40.1 Å². The molecule has 1 aromatic carbocycles. The molecule has 0 saturated carbocycles. The largest absolute Gasteiger partial charge is 0.399 e. The van der Waals surface area contributed by atoms with Crippen molar-refractivity contribution < 1.29 is 32.7 Å². The van der Waals surface area contributed by atoms with Crippen LogP contribution in [0.3, 0.4) is 0 Å². The van der Waals surface area contributed by atoms with Gasteiger partial charge in [0.05, 0.1) is 0 Å². The molecule has 1 nitrogen and oxygen atoms in total. The first-order valence-electron chi connectivity index (χ1n) is 3.17. The minimum atomic E-state index is 0. The van der Waals surface area contributed by atoms with E-state index in [4.69, 9.17) is 5.73 Å². The van der Waals surface area contributed by atoms with Gasteiger partial charge in [-0.15, -0.1) is 0 Å². The van der Waals surface area contributed by atoms with E-state index in [1.165, 1.54) is 5.56 Å². The summed E-state index contributed by atoms with van der Waals surface area (Å²) in [6.45, 7) is 2.13. The van der Waals surface area contributed by atoms with Gasteiger partial charge in [0.1, 0.15) is 0 Å². The van der Waals surface area contributed by atoms with Crippen LogP contribution >= 0.6 is 0 Å². The third kappa shape index (κ3) is 4.55. The fourth-order valence-corrected chi connectivity index (χ4v) is 0.753. The van der Waals surface area contributed by atoms with Crippen LogP contribution in [0.25, 0.3) is 0 Å². The number of benzene rings is 1. The molecule has 59 valence electrons. The van der Waals surface area contributed by atoms with Gasteiger partial charge in [0.25, 0.3) is 0 Å². The van der Waals surface area contributed by atoms with Crippen LogP contribution < -0.4 is 5.73 Å². The van der Waals surface area contributed by atoms with E-state index in [9.17, 15) is 0 Å². The number of nitrogen functional groups attached to an aromatic ring is 1. The number of hydrogen-bond donors (Lipinski definition) is 1. The molecule has 0 saturated heterocycles. The third-order valence-electron chi connectivity index (χ3n) is 1.39.